The van der Waals surface area contributed by atoms with Gasteiger partial charge in [0.1, 0.15) is 19.0 Å². The molecular weight excluding hydrogens is 373 g/mol. The first-order valence-electron chi connectivity index (χ1n) is 10.7. The van der Waals surface area contributed by atoms with Crippen molar-refractivity contribution in [1.82, 2.24) is 10.2 Å². The number of rotatable bonds is 11. The van der Waals surface area contributed by atoms with Crippen molar-refractivity contribution in [1.29, 1.82) is 0 Å². The van der Waals surface area contributed by atoms with Gasteiger partial charge in [0.25, 0.3) is 0 Å². The molecule has 1 aliphatic heterocycles. The quantitative estimate of drug-likeness (QED) is 0.613. The smallest absolute Gasteiger partial charge is 0.248 e. The fraction of sp³-hybridized carbons (Fsp3) is 0.636. The lowest BCUT2D eigenvalue weighted by molar-refractivity contribution is -0.138. The van der Waals surface area contributed by atoms with Gasteiger partial charge in [-0.25, -0.2) is 4.39 Å². The van der Waals surface area contributed by atoms with Gasteiger partial charge >= 0.3 is 0 Å². The van der Waals surface area contributed by atoms with Crippen LogP contribution in [0.2, 0.25) is 0 Å². The molecule has 0 spiro atoms. The van der Waals surface area contributed by atoms with Gasteiger partial charge in [0.2, 0.25) is 11.8 Å². The lowest BCUT2D eigenvalue weighted by Gasteiger charge is -2.36. The number of hydrogen-bond acceptors (Lipinski definition) is 4. The molecule has 7 heteroatoms. The van der Waals surface area contributed by atoms with Crippen molar-refractivity contribution in [2.24, 2.45) is 5.92 Å². The molecule has 1 aliphatic rings. The first-order valence-corrected chi connectivity index (χ1v) is 10.7. The van der Waals surface area contributed by atoms with E-state index in [9.17, 15) is 14.0 Å². The first kappa shape index (κ1) is 23.1. The van der Waals surface area contributed by atoms with Crippen LogP contribution in [-0.4, -0.2) is 62.7 Å². The molecule has 1 atom stereocenters. The molecule has 0 unspecified atom stereocenters. The van der Waals surface area contributed by atoms with Crippen molar-refractivity contribution in [3.63, 3.8) is 0 Å². The lowest BCUT2D eigenvalue weighted by Crippen LogP contribution is -2.50. The highest BCUT2D eigenvalue weighted by Crippen LogP contribution is 2.20. The second kappa shape index (κ2) is 12.4. The Labute approximate surface area is 173 Å². The zero-order chi connectivity index (χ0) is 21.1. The monoisotopic (exact) mass is 407 g/mol. The van der Waals surface area contributed by atoms with Crippen LogP contribution in [0.5, 0.6) is 0 Å². The molecule has 1 saturated heterocycles. The lowest BCUT2D eigenvalue weighted by atomic mass is 9.99. The van der Waals surface area contributed by atoms with Crippen LogP contribution in [0.25, 0.3) is 0 Å². The van der Waals surface area contributed by atoms with Crippen molar-refractivity contribution < 1.29 is 18.7 Å². The summed E-state index contributed by atoms with van der Waals surface area (Å²) in [6, 6.07) is 6.67. The Morgan fingerprint density at radius 1 is 1.14 bits per heavy atom. The van der Waals surface area contributed by atoms with Crippen LogP contribution in [0.1, 0.15) is 39.5 Å². The largest absolute Gasteiger partial charge is 0.366 e. The van der Waals surface area contributed by atoms with Crippen molar-refractivity contribution in [3.8, 4) is 0 Å². The fourth-order valence-corrected chi connectivity index (χ4v) is 3.48. The Bertz CT molecular complexity index is 648. The minimum atomic E-state index is -0.248. The van der Waals surface area contributed by atoms with Gasteiger partial charge in [-0.1, -0.05) is 45.2 Å². The maximum atomic E-state index is 13.9. The molecule has 0 aliphatic carbocycles. The molecule has 0 saturated carbocycles. The van der Waals surface area contributed by atoms with E-state index in [0.29, 0.717) is 44.3 Å². The van der Waals surface area contributed by atoms with E-state index in [1.54, 1.807) is 23.1 Å². The van der Waals surface area contributed by atoms with Gasteiger partial charge in [-0.15, -0.1) is 0 Å². The van der Waals surface area contributed by atoms with E-state index in [2.05, 4.69) is 19.2 Å². The normalized spacial score (nSPS) is 15.3. The molecule has 1 aromatic rings. The summed E-state index contributed by atoms with van der Waals surface area (Å²) < 4.78 is 19.2. The number of nitrogens with zero attached hydrogens (tertiary/aromatic N) is 2. The summed E-state index contributed by atoms with van der Waals surface area (Å²) in [5.74, 6) is -0.0783. The third-order valence-electron chi connectivity index (χ3n) is 5.42. The third-order valence-corrected chi connectivity index (χ3v) is 5.42. The second-order valence-corrected chi connectivity index (χ2v) is 7.53. The van der Waals surface area contributed by atoms with Gasteiger partial charge in [0.15, 0.2) is 0 Å². The maximum Gasteiger partial charge on any atom is 0.248 e. The first-order chi connectivity index (χ1) is 14.0. The SMILES string of the molecule is CCCC[C@@H](CC)CNC(=O)COCC(=O)N1CCN(c2ccccc2F)CC1. The molecule has 1 fully saturated rings. The molecule has 1 heterocycles. The van der Waals surface area contributed by atoms with Crippen LogP contribution in [0.3, 0.4) is 0 Å². The van der Waals surface area contributed by atoms with Crippen LogP contribution < -0.4 is 10.2 Å². The minimum absolute atomic E-state index is 0.106. The van der Waals surface area contributed by atoms with E-state index < -0.39 is 0 Å². The molecule has 0 aromatic heterocycles. The molecule has 162 valence electrons. The minimum Gasteiger partial charge on any atom is -0.366 e. The highest BCUT2D eigenvalue weighted by molar-refractivity contribution is 5.79. The summed E-state index contributed by atoms with van der Waals surface area (Å²) in [6.45, 7) is 6.91. The summed E-state index contributed by atoms with van der Waals surface area (Å²) in [4.78, 5) is 27.9. The summed E-state index contributed by atoms with van der Waals surface area (Å²) >= 11 is 0. The third kappa shape index (κ3) is 7.65. The van der Waals surface area contributed by atoms with Crippen LogP contribution >= 0.6 is 0 Å². The molecule has 0 radical (unpaired) electrons. The topological polar surface area (TPSA) is 61.9 Å². The van der Waals surface area contributed by atoms with Gasteiger partial charge in [0.05, 0.1) is 5.69 Å². The second-order valence-electron chi connectivity index (χ2n) is 7.53. The highest BCUT2D eigenvalue weighted by Gasteiger charge is 2.22. The molecule has 2 amide bonds. The molecule has 0 bridgehead atoms. The van der Waals surface area contributed by atoms with Crippen LogP contribution in [0, 0.1) is 11.7 Å². The number of ether oxygens (including phenoxy) is 1. The number of nitrogens with one attached hydrogen (secondary N) is 1. The molecular formula is C22H34FN3O3. The number of carbonyl (C=O) groups is 2. The Morgan fingerprint density at radius 2 is 1.86 bits per heavy atom. The van der Waals surface area contributed by atoms with Gasteiger partial charge in [0, 0.05) is 32.7 Å². The van der Waals surface area contributed by atoms with Crippen molar-refractivity contribution in [3.05, 3.63) is 30.1 Å². The van der Waals surface area contributed by atoms with E-state index in [1.807, 2.05) is 4.90 Å². The number of benzene rings is 1. The molecule has 1 aromatic carbocycles. The number of hydrogen-bond donors (Lipinski definition) is 1. The zero-order valence-electron chi connectivity index (χ0n) is 17.7. The van der Waals surface area contributed by atoms with Crippen LogP contribution in [-0.2, 0) is 14.3 Å². The van der Waals surface area contributed by atoms with Gasteiger partial charge in [-0.05, 0) is 24.5 Å². The van der Waals surface area contributed by atoms with Crippen LogP contribution in [0.15, 0.2) is 24.3 Å². The van der Waals surface area contributed by atoms with E-state index in [4.69, 9.17) is 4.74 Å². The number of anilines is 1. The average molecular weight is 408 g/mol. The Balaban J connectivity index is 1.63. The summed E-state index contributed by atoms with van der Waals surface area (Å²) in [5, 5.41) is 2.89. The van der Waals surface area contributed by atoms with Crippen LogP contribution in [0.4, 0.5) is 10.1 Å². The van der Waals surface area contributed by atoms with Gasteiger partial charge in [-0.2, -0.15) is 0 Å². The fourth-order valence-electron chi connectivity index (χ4n) is 3.48. The maximum absolute atomic E-state index is 13.9. The van der Waals surface area contributed by atoms with Crippen molar-refractivity contribution >= 4 is 17.5 Å². The Hall–Kier alpha value is -2.15. The van der Waals surface area contributed by atoms with Crippen molar-refractivity contribution in [2.75, 3.05) is 50.8 Å². The van der Waals surface area contributed by atoms with E-state index in [1.165, 1.54) is 12.5 Å². The number of piperazine rings is 1. The van der Waals surface area contributed by atoms with Crippen molar-refractivity contribution in [2.45, 2.75) is 39.5 Å². The molecule has 29 heavy (non-hydrogen) atoms. The Kier molecular flexibility index (Phi) is 9.91. The number of unbranched alkanes of at least 4 members (excludes halogenated alkanes) is 1. The standard InChI is InChI=1S/C22H34FN3O3/c1-3-5-8-18(4-2)15-24-21(27)16-29-17-22(28)26-13-11-25(12-14-26)20-10-7-6-9-19(20)23/h6-7,9-10,18H,3-5,8,11-17H2,1-2H3,(H,24,27)/t18-/m1/s1. The predicted molar refractivity (Wildman–Crippen MR) is 112 cm³/mol. The summed E-state index contributed by atoms with van der Waals surface area (Å²) in [6.07, 6.45) is 4.48. The molecule has 6 nitrogen and oxygen atoms in total. The number of para-hydroxylation sites is 1. The molecule has 1 N–H and O–H groups in total. The van der Waals surface area contributed by atoms with E-state index in [0.717, 1.165) is 19.3 Å². The van der Waals surface area contributed by atoms with E-state index in [-0.39, 0.29) is 30.8 Å². The molecule has 2 rings (SSSR count). The Morgan fingerprint density at radius 3 is 2.52 bits per heavy atom. The zero-order valence-corrected chi connectivity index (χ0v) is 17.7. The number of halogens is 1. The average Bonchev–Trinajstić information content (AvgIpc) is 2.74. The van der Waals surface area contributed by atoms with E-state index >= 15 is 0 Å². The predicted octanol–water partition coefficient (Wildman–Crippen LogP) is 2.82. The van der Waals surface area contributed by atoms with Gasteiger partial charge in [-0.3, -0.25) is 9.59 Å². The summed E-state index contributed by atoms with van der Waals surface area (Å²) in [7, 11) is 0. The number of carbonyl (C=O) groups excluding carboxylic acids is 2. The highest BCUT2D eigenvalue weighted by atomic mass is 19.1. The number of amides is 2. The summed E-state index contributed by atoms with van der Waals surface area (Å²) in [5.41, 5.74) is 0.567. The van der Waals surface area contributed by atoms with Gasteiger partial charge < -0.3 is 19.9 Å².